The van der Waals surface area contributed by atoms with Crippen LogP contribution in [0.5, 0.6) is 0 Å². The van der Waals surface area contributed by atoms with Gasteiger partial charge in [0.2, 0.25) is 5.91 Å². The van der Waals surface area contributed by atoms with Crippen LogP contribution in [0.3, 0.4) is 0 Å². The van der Waals surface area contributed by atoms with E-state index < -0.39 is 0 Å². The van der Waals surface area contributed by atoms with Crippen LogP contribution in [0.1, 0.15) is 32.6 Å². The lowest BCUT2D eigenvalue weighted by Crippen LogP contribution is -2.31. The summed E-state index contributed by atoms with van der Waals surface area (Å²) >= 11 is 0. The molecule has 0 aliphatic rings. The Labute approximate surface area is 143 Å². The third kappa shape index (κ3) is 5.16. The van der Waals surface area contributed by atoms with Crippen LogP contribution in [0.15, 0.2) is 30.6 Å². The molecule has 1 aromatic carbocycles. The monoisotopic (exact) mass is 329 g/mol. The van der Waals surface area contributed by atoms with Crippen LogP contribution in [-0.2, 0) is 11.8 Å². The first-order valence-electron chi connectivity index (χ1n) is 8.53. The van der Waals surface area contributed by atoms with Gasteiger partial charge in [-0.05, 0) is 32.1 Å². The molecule has 2 aromatic rings. The van der Waals surface area contributed by atoms with E-state index in [1.165, 1.54) is 19.3 Å². The highest BCUT2D eigenvalue weighted by atomic mass is 16.2. The van der Waals surface area contributed by atoms with Crippen LogP contribution in [0, 0.1) is 0 Å². The quantitative estimate of drug-likeness (QED) is 0.719. The molecule has 0 atom stereocenters. The largest absolute Gasteiger partial charge is 0.324 e. The van der Waals surface area contributed by atoms with E-state index in [-0.39, 0.29) is 5.91 Å². The number of amides is 1. The van der Waals surface area contributed by atoms with Crippen molar-refractivity contribution >= 4 is 11.6 Å². The van der Waals surface area contributed by atoms with E-state index in [9.17, 15) is 4.79 Å². The fourth-order valence-electron chi connectivity index (χ4n) is 2.64. The molecule has 1 amide bonds. The van der Waals surface area contributed by atoms with Crippen molar-refractivity contribution in [1.29, 1.82) is 0 Å². The summed E-state index contributed by atoms with van der Waals surface area (Å²) in [6, 6.07) is 7.67. The fourth-order valence-corrected chi connectivity index (χ4v) is 2.64. The van der Waals surface area contributed by atoms with Gasteiger partial charge in [0.05, 0.1) is 12.2 Å². The van der Waals surface area contributed by atoms with Gasteiger partial charge in [-0.3, -0.25) is 9.69 Å². The highest BCUT2D eigenvalue weighted by molar-refractivity contribution is 5.95. The number of anilines is 1. The Hall–Kier alpha value is -2.21. The highest BCUT2D eigenvalue weighted by Gasteiger charge is 2.13. The topological polar surface area (TPSA) is 63.1 Å². The van der Waals surface area contributed by atoms with Gasteiger partial charge in [-0.1, -0.05) is 38.3 Å². The minimum atomic E-state index is -0.0115. The van der Waals surface area contributed by atoms with Gasteiger partial charge in [0.1, 0.15) is 6.33 Å². The third-order valence-electron chi connectivity index (χ3n) is 3.96. The molecule has 0 spiro atoms. The van der Waals surface area contributed by atoms with Crippen molar-refractivity contribution in [1.82, 2.24) is 19.7 Å². The Balaban J connectivity index is 1.94. The number of unbranched alkanes of at least 4 members (excludes halogenated alkanes) is 3. The van der Waals surface area contributed by atoms with Crippen LogP contribution >= 0.6 is 0 Å². The van der Waals surface area contributed by atoms with Crippen LogP contribution in [0.25, 0.3) is 11.4 Å². The number of aromatic nitrogens is 3. The average Bonchev–Trinajstić information content (AvgIpc) is 2.98. The minimum Gasteiger partial charge on any atom is -0.324 e. The van der Waals surface area contributed by atoms with Crippen molar-refractivity contribution in [3.05, 3.63) is 30.6 Å². The molecule has 0 radical (unpaired) electrons. The molecule has 6 heteroatoms. The van der Waals surface area contributed by atoms with E-state index in [4.69, 9.17) is 0 Å². The Kier molecular flexibility index (Phi) is 6.93. The lowest BCUT2D eigenvalue weighted by Gasteiger charge is -2.17. The lowest BCUT2D eigenvalue weighted by atomic mass is 10.1. The summed E-state index contributed by atoms with van der Waals surface area (Å²) in [5, 5.41) is 11.0. The maximum absolute atomic E-state index is 12.3. The number of nitrogens with zero attached hydrogens (tertiary/aromatic N) is 4. The second-order valence-electron chi connectivity index (χ2n) is 6.16. The number of para-hydroxylation sites is 1. The summed E-state index contributed by atoms with van der Waals surface area (Å²) in [5.41, 5.74) is 1.63. The van der Waals surface area contributed by atoms with Crippen LogP contribution in [-0.4, -0.2) is 45.7 Å². The van der Waals surface area contributed by atoms with Crippen molar-refractivity contribution < 1.29 is 4.79 Å². The van der Waals surface area contributed by atoms with Crippen molar-refractivity contribution in [3.8, 4) is 11.4 Å². The molecular weight excluding hydrogens is 302 g/mol. The van der Waals surface area contributed by atoms with E-state index in [0.29, 0.717) is 6.54 Å². The molecule has 1 N–H and O–H groups in total. The van der Waals surface area contributed by atoms with Crippen LogP contribution in [0.4, 0.5) is 5.69 Å². The Bertz CT molecular complexity index is 652. The molecule has 0 saturated carbocycles. The number of hydrogen-bond acceptors (Lipinski definition) is 4. The Morgan fingerprint density at radius 1 is 1.25 bits per heavy atom. The first kappa shape index (κ1) is 18.1. The van der Waals surface area contributed by atoms with Crippen molar-refractivity contribution in [2.24, 2.45) is 7.05 Å². The van der Waals surface area contributed by atoms with E-state index in [1.807, 2.05) is 42.9 Å². The predicted molar refractivity (Wildman–Crippen MR) is 96.7 cm³/mol. The number of hydrogen-bond donors (Lipinski definition) is 1. The number of likely N-dealkylation sites (N-methyl/N-ethyl adjacent to an activating group) is 1. The predicted octanol–water partition coefficient (Wildman–Crippen LogP) is 2.93. The van der Waals surface area contributed by atoms with Crippen LogP contribution < -0.4 is 5.32 Å². The molecule has 0 aliphatic heterocycles. The fraction of sp³-hybridized carbons (Fsp3) is 0.500. The van der Waals surface area contributed by atoms with Gasteiger partial charge in [-0.2, -0.15) is 0 Å². The van der Waals surface area contributed by atoms with E-state index in [0.717, 1.165) is 30.0 Å². The second-order valence-corrected chi connectivity index (χ2v) is 6.16. The molecule has 0 fully saturated rings. The van der Waals surface area contributed by atoms with Gasteiger partial charge in [-0.25, -0.2) is 0 Å². The molecule has 1 aromatic heterocycles. The number of carbonyl (C=O) groups excluding carboxylic acids is 1. The molecule has 24 heavy (non-hydrogen) atoms. The SMILES string of the molecule is CCCCCCN(C)CC(=O)Nc1ccccc1-c1nncn1C. The van der Waals surface area contributed by atoms with Gasteiger partial charge in [0, 0.05) is 12.6 Å². The van der Waals surface area contributed by atoms with E-state index in [1.54, 1.807) is 6.33 Å². The zero-order chi connectivity index (χ0) is 17.4. The van der Waals surface area contributed by atoms with Gasteiger partial charge >= 0.3 is 0 Å². The summed E-state index contributed by atoms with van der Waals surface area (Å²) in [7, 11) is 3.87. The average molecular weight is 329 g/mol. The van der Waals surface area contributed by atoms with Gasteiger partial charge < -0.3 is 9.88 Å². The normalized spacial score (nSPS) is 11.0. The molecule has 0 saturated heterocycles. The number of carbonyl (C=O) groups is 1. The standard InChI is InChI=1S/C18H27N5O/c1-4-5-6-9-12-22(2)13-17(24)20-16-11-8-7-10-15(16)18-21-19-14-23(18)3/h7-8,10-11,14H,4-6,9,12-13H2,1-3H3,(H,20,24). The molecule has 130 valence electrons. The number of aryl methyl sites for hydroxylation is 1. The molecule has 1 heterocycles. The van der Waals surface area contributed by atoms with E-state index >= 15 is 0 Å². The van der Waals surface area contributed by atoms with Gasteiger partial charge in [0.25, 0.3) is 0 Å². The lowest BCUT2D eigenvalue weighted by molar-refractivity contribution is -0.117. The van der Waals surface area contributed by atoms with Gasteiger partial charge in [0.15, 0.2) is 5.82 Å². The van der Waals surface area contributed by atoms with Gasteiger partial charge in [-0.15, -0.1) is 10.2 Å². The molecule has 2 rings (SSSR count). The summed E-state index contributed by atoms with van der Waals surface area (Å²) in [6.45, 7) is 3.53. The van der Waals surface area contributed by atoms with Crippen molar-refractivity contribution in [2.45, 2.75) is 32.6 Å². The molecule has 0 unspecified atom stereocenters. The Morgan fingerprint density at radius 2 is 2.04 bits per heavy atom. The van der Waals surface area contributed by atoms with E-state index in [2.05, 4.69) is 27.3 Å². The first-order chi connectivity index (χ1) is 11.6. The molecule has 0 aliphatic carbocycles. The Morgan fingerprint density at radius 3 is 2.75 bits per heavy atom. The summed E-state index contributed by atoms with van der Waals surface area (Å²) < 4.78 is 1.84. The maximum atomic E-state index is 12.3. The second kappa shape index (κ2) is 9.17. The summed E-state index contributed by atoms with van der Waals surface area (Å²) in [5.74, 6) is 0.724. The zero-order valence-corrected chi connectivity index (χ0v) is 14.8. The van der Waals surface area contributed by atoms with Crippen LogP contribution in [0.2, 0.25) is 0 Å². The molecular formula is C18H27N5O. The highest BCUT2D eigenvalue weighted by Crippen LogP contribution is 2.25. The third-order valence-corrected chi connectivity index (χ3v) is 3.96. The maximum Gasteiger partial charge on any atom is 0.238 e. The number of nitrogens with one attached hydrogen (secondary N) is 1. The number of benzene rings is 1. The smallest absolute Gasteiger partial charge is 0.238 e. The number of rotatable bonds is 9. The minimum absolute atomic E-state index is 0.0115. The van der Waals surface area contributed by atoms with Crippen molar-refractivity contribution in [2.75, 3.05) is 25.5 Å². The summed E-state index contributed by atoms with van der Waals surface area (Å²) in [4.78, 5) is 14.4. The first-order valence-corrected chi connectivity index (χ1v) is 8.53. The zero-order valence-electron chi connectivity index (χ0n) is 14.8. The van der Waals surface area contributed by atoms with Crippen molar-refractivity contribution in [3.63, 3.8) is 0 Å². The summed E-state index contributed by atoms with van der Waals surface area (Å²) in [6.07, 6.45) is 6.48. The molecule has 0 bridgehead atoms. The molecule has 6 nitrogen and oxygen atoms in total.